The highest BCUT2D eigenvalue weighted by atomic mass is 79.9. The van der Waals surface area contributed by atoms with Crippen molar-refractivity contribution in [3.8, 4) is 11.6 Å². The van der Waals surface area contributed by atoms with Gasteiger partial charge in [-0.1, -0.05) is 15.9 Å². The van der Waals surface area contributed by atoms with Gasteiger partial charge in [-0.15, -0.1) is 0 Å². The molecule has 0 saturated carbocycles. The van der Waals surface area contributed by atoms with Gasteiger partial charge in [-0.2, -0.15) is 0 Å². The highest BCUT2D eigenvalue weighted by Crippen LogP contribution is 2.38. The van der Waals surface area contributed by atoms with E-state index >= 15 is 0 Å². The number of hydrogen-bond donors (Lipinski definition) is 0. The van der Waals surface area contributed by atoms with Gasteiger partial charge >= 0.3 is 0 Å². The van der Waals surface area contributed by atoms with Gasteiger partial charge in [0.05, 0.1) is 14.2 Å². The second kappa shape index (κ2) is 5.25. The Morgan fingerprint density at radius 2 is 2.07 bits per heavy atom. The first-order valence-electron chi connectivity index (χ1n) is 4.09. The summed E-state index contributed by atoms with van der Waals surface area (Å²) in [5.41, 5.74) is 0.255. The number of hydrogen-bond acceptors (Lipinski definition) is 3. The van der Waals surface area contributed by atoms with Crippen LogP contribution in [0, 0.1) is 0 Å². The smallest absolute Gasteiger partial charge is 0.272 e. The maximum atomic E-state index is 12.8. The minimum absolute atomic E-state index is 0.105. The van der Waals surface area contributed by atoms with E-state index in [1.165, 1.54) is 20.4 Å². The Hall–Kier alpha value is -0.910. The normalized spacial score (nSPS) is 10.5. The summed E-state index contributed by atoms with van der Waals surface area (Å²) in [6.45, 7) is 0. The molecule has 0 aliphatic carbocycles. The Morgan fingerprint density at radius 1 is 1.40 bits per heavy atom. The summed E-state index contributed by atoms with van der Waals surface area (Å²) in [5, 5.41) is 0.396. The molecule has 0 aromatic carbocycles. The van der Waals surface area contributed by atoms with Crippen molar-refractivity contribution in [1.29, 1.82) is 0 Å². The van der Waals surface area contributed by atoms with Crippen LogP contribution in [0.2, 0.25) is 0 Å². The van der Waals surface area contributed by atoms with E-state index in [1.807, 2.05) is 0 Å². The number of ether oxygens (including phenoxy) is 2. The van der Waals surface area contributed by atoms with Crippen LogP contribution in [0.3, 0.4) is 0 Å². The Morgan fingerprint density at radius 3 is 2.47 bits per heavy atom. The van der Waals surface area contributed by atoms with E-state index < -0.39 is 6.43 Å². The second-order valence-electron chi connectivity index (χ2n) is 2.67. The molecule has 0 aliphatic rings. The van der Waals surface area contributed by atoms with Gasteiger partial charge in [-0.3, -0.25) is 0 Å². The SMILES string of the molecule is COc1ncc(CBr)c(OC)c1C(F)F. The summed E-state index contributed by atoms with van der Waals surface area (Å²) in [6.07, 6.45) is -1.24. The predicted molar refractivity (Wildman–Crippen MR) is 54.9 cm³/mol. The van der Waals surface area contributed by atoms with E-state index in [9.17, 15) is 8.78 Å². The number of aromatic nitrogens is 1. The third kappa shape index (κ3) is 2.37. The molecule has 0 bridgehead atoms. The van der Waals surface area contributed by atoms with Crippen LogP contribution in [0.5, 0.6) is 11.6 Å². The van der Waals surface area contributed by atoms with Crippen LogP contribution in [0.4, 0.5) is 8.78 Å². The Labute approximate surface area is 94.5 Å². The lowest BCUT2D eigenvalue weighted by Gasteiger charge is -2.14. The minimum atomic E-state index is -2.68. The van der Waals surface area contributed by atoms with Crippen molar-refractivity contribution in [2.45, 2.75) is 11.8 Å². The first kappa shape index (κ1) is 12.2. The van der Waals surface area contributed by atoms with Crippen molar-refractivity contribution in [2.24, 2.45) is 0 Å². The molecular weight excluding hydrogens is 272 g/mol. The molecule has 0 amide bonds. The van der Waals surface area contributed by atoms with Crippen LogP contribution in [0.25, 0.3) is 0 Å². The summed E-state index contributed by atoms with van der Waals surface area (Å²) in [5.74, 6) is 0.0141. The fourth-order valence-electron chi connectivity index (χ4n) is 1.23. The van der Waals surface area contributed by atoms with Gasteiger partial charge in [0.25, 0.3) is 6.43 Å². The molecule has 15 heavy (non-hydrogen) atoms. The zero-order valence-electron chi connectivity index (χ0n) is 8.26. The number of pyridine rings is 1. The molecule has 0 fully saturated rings. The molecule has 0 aliphatic heterocycles. The third-order valence-electron chi connectivity index (χ3n) is 1.86. The zero-order chi connectivity index (χ0) is 11.4. The fraction of sp³-hybridized carbons (Fsp3) is 0.444. The van der Waals surface area contributed by atoms with Crippen LogP contribution in [0.1, 0.15) is 17.6 Å². The van der Waals surface area contributed by atoms with Gasteiger partial charge in [0.2, 0.25) is 5.88 Å². The lowest BCUT2D eigenvalue weighted by Crippen LogP contribution is -2.02. The molecule has 1 rings (SSSR count). The van der Waals surface area contributed by atoms with Crippen molar-refractivity contribution in [3.05, 3.63) is 17.3 Å². The third-order valence-corrected chi connectivity index (χ3v) is 2.47. The number of methoxy groups -OCH3 is 2. The summed E-state index contributed by atoms with van der Waals surface area (Å²) in [6, 6.07) is 0. The molecule has 0 unspecified atom stereocenters. The van der Waals surface area contributed by atoms with Crippen LogP contribution in [0.15, 0.2) is 6.20 Å². The predicted octanol–water partition coefficient (Wildman–Crippen LogP) is 2.93. The lowest BCUT2D eigenvalue weighted by atomic mass is 10.2. The van der Waals surface area contributed by atoms with Crippen molar-refractivity contribution < 1.29 is 18.3 Å². The molecule has 1 aromatic rings. The molecule has 3 nitrogen and oxygen atoms in total. The standard InChI is InChI=1S/C9H10BrF2NO2/c1-14-7-5(3-10)4-13-9(15-2)6(7)8(11)12/h4,8H,3H2,1-2H3. The highest BCUT2D eigenvalue weighted by Gasteiger charge is 2.23. The monoisotopic (exact) mass is 281 g/mol. The van der Waals surface area contributed by atoms with Gasteiger partial charge in [-0.25, -0.2) is 13.8 Å². The van der Waals surface area contributed by atoms with E-state index in [0.29, 0.717) is 10.9 Å². The van der Waals surface area contributed by atoms with Gasteiger partial charge in [0.1, 0.15) is 11.3 Å². The number of rotatable bonds is 4. The molecule has 0 atom stereocenters. The Balaban J connectivity index is 3.37. The van der Waals surface area contributed by atoms with Crippen molar-refractivity contribution in [3.63, 3.8) is 0 Å². The van der Waals surface area contributed by atoms with E-state index in [-0.39, 0.29) is 17.2 Å². The molecule has 1 aromatic heterocycles. The van der Waals surface area contributed by atoms with Gasteiger partial charge in [-0.05, 0) is 0 Å². The summed E-state index contributed by atoms with van der Waals surface area (Å²) in [4.78, 5) is 3.79. The highest BCUT2D eigenvalue weighted by molar-refractivity contribution is 9.08. The molecule has 0 saturated heterocycles. The van der Waals surface area contributed by atoms with Crippen molar-refractivity contribution in [2.75, 3.05) is 14.2 Å². The van der Waals surface area contributed by atoms with E-state index in [4.69, 9.17) is 9.47 Å². The molecule has 1 heterocycles. The van der Waals surface area contributed by atoms with Crippen LogP contribution in [-0.2, 0) is 5.33 Å². The van der Waals surface area contributed by atoms with Crippen LogP contribution in [-0.4, -0.2) is 19.2 Å². The average Bonchev–Trinajstić information content (AvgIpc) is 2.26. The summed E-state index contributed by atoms with van der Waals surface area (Å²) >= 11 is 3.17. The molecule has 0 N–H and O–H groups in total. The zero-order valence-corrected chi connectivity index (χ0v) is 9.85. The number of nitrogens with zero attached hydrogens (tertiary/aromatic N) is 1. The molecular formula is C9H10BrF2NO2. The minimum Gasteiger partial charge on any atom is -0.496 e. The van der Waals surface area contributed by atoms with Crippen molar-refractivity contribution in [1.82, 2.24) is 4.98 Å². The summed E-state index contributed by atoms with van der Waals surface area (Å²) in [7, 11) is 2.63. The maximum Gasteiger partial charge on any atom is 0.272 e. The quantitative estimate of drug-likeness (QED) is 0.796. The van der Waals surface area contributed by atoms with E-state index in [0.717, 1.165) is 0 Å². The lowest BCUT2D eigenvalue weighted by molar-refractivity contribution is 0.141. The summed E-state index contributed by atoms with van der Waals surface area (Å²) < 4.78 is 35.2. The fourth-order valence-corrected chi connectivity index (χ4v) is 1.63. The topological polar surface area (TPSA) is 31.4 Å². The molecule has 6 heteroatoms. The van der Waals surface area contributed by atoms with Crippen LogP contribution >= 0.6 is 15.9 Å². The Bertz CT molecular complexity index is 347. The largest absolute Gasteiger partial charge is 0.496 e. The van der Waals surface area contributed by atoms with Gasteiger partial charge in [0.15, 0.2) is 0 Å². The van der Waals surface area contributed by atoms with E-state index in [1.54, 1.807) is 0 Å². The molecule has 0 radical (unpaired) electrons. The molecule has 0 spiro atoms. The average molecular weight is 282 g/mol. The maximum absolute atomic E-state index is 12.8. The first-order chi connectivity index (χ1) is 7.15. The Kier molecular flexibility index (Phi) is 4.26. The molecule has 84 valence electrons. The van der Waals surface area contributed by atoms with Crippen LogP contribution < -0.4 is 9.47 Å². The van der Waals surface area contributed by atoms with Gasteiger partial charge < -0.3 is 9.47 Å². The number of alkyl halides is 3. The van der Waals surface area contributed by atoms with E-state index in [2.05, 4.69) is 20.9 Å². The van der Waals surface area contributed by atoms with Crippen molar-refractivity contribution >= 4 is 15.9 Å². The first-order valence-corrected chi connectivity index (χ1v) is 5.21. The van der Waals surface area contributed by atoms with Gasteiger partial charge in [0, 0.05) is 17.1 Å². The number of halogens is 3. The second-order valence-corrected chi connectivity index (χ2v) is 3.23.